The first kappa shape index (κ1) is 10.9. The third-order valence-electron chi connectivity index (χ3n) is 3.27. The molecule has 1 aromatic heterocycles. The monoisotopic (exact) mass is 215 g/mol. The molecule has 0 atom stereocenters. The van der Waals surface area contributed by atoms with Crippen LogP contribution >= 0.6 is 0 Å². The molecule has 1 heterocycles. The third kappa shape index (κ3) is 2.01. The molecule has 0 radical (unpaired) electrons. The molecule has 16 heavy (non-hydrogen) atoms. The van der Waals surface area contributed by atoms with Gasteiger partial charge in [-0.15, -0.1) is 0 Å². The first-order chi connectivity index (χ1) is 7.63. The number of hydrogen-bond donors (Lipinski definition) is 0. The van der Waals surface area contributed by atoms with Crippen LogP contribution in [0.1, 0.15) is 32.8 Å². The Balaban J connectivity index is 2.30. The van der Waals surface area contributed by atoms with Crippen molar-refractivity contribution in [3.05, 3.63) is 42.4 Å². The van der Waals surface area contributed by atoms with Crippen LogP contribution in [0.3, 0.4) is 0 Å². The normalized spacial score (nSPS) is 11.7. The summed E-state index contributed by atoms with van der Waals surface area (Å²) in [6.45, 7) is 6.73. The van der Waals surface area contributed by atoms with Crippen molar-refractivity contribution in [1.29, 1.82) is 0 Å². The van der Waals surface area contributed by atoms with Crippen molar-refractivity contribution in [3.63, 3.8) is 0 Å². The highest BCUT2D eigenvalue weighted by Crippen LogP contribution is 2.28. The summed E-state index contributed by atoms with van der Waals surface area (Å²) in [6, 6.07) is 8.52. The lowest BCUT2D eigenvalue weighted by Gasteiger charge is -2.23. The number of rotatable bonds is 3. The molecule has 0 aliphatic rings. The second-order valence-corrected chi connectivity index (χ2v) is 4.68. The van der Waals surface area contributed by atoms with E-state index in [1.807, 2.05) is 0 Å². The van der Waals surface area contributed by atoms with Crippen molar-refractivity contribution in [2.45, 2.75) is 32.6 Å². The summed E-state index contributed by atoms with van der Waals surface area (Å²) >= 11 is 0. The maximum absolute atomic E-state index is 5.26. The van der Waals surface area contributed by atoms with Gasteiger partial charge in [-0.1, -0.05) is 45.0 Å². The second-order valence-electron chi connectivity index (χ2n) is 4.68. The predicted octanol–water partition coefficient (Wildman–Crippen LogP) is 4.03. The largest absolute Gasteiger partial charge is 0.444 e. The Kier molecular flexibility index (Phi) is 2.82. The molecule has 0 aliphatic carbocycles. The fourth-order valence-electron chi connectivity index (χ4n) is 1.65. The van der Waals surface area contributed by atoms with Gasteiger partial charge in [0.1, 0.15) is 0 Å². The molecule has 84 valence electrons. The van der Waals surface area contributed by atoms with Gasteiger partial charge in [0.15, 0.2) is 12.2 Å². The lowest BCUT2D eigenvalue weighted by atomic mass is 9.82. The van der Waals surface area contributed by atoms with Crippen molar-refractivity contribution < 1.29 is 4.42 Å². The highest BCUT2D eigenvalue weighted by Gasteiger charge is 2.17. The number of oxazole rings is 1. The van der Waals surface area contributed by atoms with E-state index in [0.29, 0.717) is 0 Å². The topological polar surface area (TPSA) is 26.0 Å². The molecular formula is C14H17NO. The van der Waals surface area contributed by atoms with Gasteiger partial charge in [-0.25, -0.2) is 4.98 Å². The van der Waals surface area contributed by atoms with Crippen molar-refractivity contribution in [3.8, 4) is 11.3 Å². The fraction of sp³-hybridized carbons (Fsp3) is 0.357. The zero-order valence-corrected chi connectivity index (χ0v) is 10.0. The van der Waals surface area contributed by atoms with E-state index in [0.717, 1.165) is 17.7 Å². The lowest BCUT2D eigenvalue weighted by molar-refractivity contribution is 0.506. The smallest absolute Gasteiger partial charge is 0.181 e. The summed E-state index contributed by atoms with van der Waals surface area (Å²) in [5.41, 5.74) is 2.67. The first-order valence-electron chi connectivity index (χ1n) is 5.63. The SMILES string of the molecule is CCC(C)(C)c1ccc(-c2cnco2)cc1. The molecule has 2 rings (SSSR count). The van der Waals surface area contributed by atoms with Gasteiger partial charge < -0.3 is 4.42 Å². The van der Waals surface area contributed by atoms with Crippen LogP contribution < -0.4 is 0 Å². The average Bonchev–Trinajstić information content (AvgIpc) is 2.83. The van der Waals surface area contributed by atoms with Gasteiger partial charge in [0, 0.05) is 5.56 Å². The molecule has 0 spiro atoms. The van der Waals surface area contributed by atoms with Crippen LogP contribution in [0.2, 0.25) is 0 Å². The average molecular weight is 215 g/mol. The summed E-state index contributed by atoms with van der Waals surface area (Å²) in [5.74, 6) is 0.820. The van der Waals surface area contributed by atoms with Crippen molar-refractivity contribution in [2.24, 2.45) is 0 Å². The zero-order chi connectivity index (χ0) is 11.6. The van der Waals surface area contributed by atoms with Gasteiger partial charge in [-0.3, -0.25) is 0 Å². The molecule has 0 aliphatic heterocycles. The summed E-state index contributed by atoms with van der Waals surface area (Å²) < 4.78 is 5.26. The Bertz CT molecular complexity index is 440. The van der Waals surface area contributed by atoms with E-state index in [1.165, 1.54) is 12.0 Å². The maximum Gasteiger partial charge on any atom is 0.181 e. The summed E-state index contributed by atoms with van der Waals surface area (Å²) in [4.78, 5) is 3.92. The second kappa shape index (κ2) is 4.12. The number of benzene rings is 1. The molecule has 0 amide bonds. The van der Waals surface area contributed by atoms with Crippen LogP contribution in [0.4, 0.5) is 0 Å². The van der Waals surface area contributed by atoms with Gasteiger partial charge in [-0.2, -0.15) is 0 Å². The van der Waals surface area contributed by atoms with E-state index in [4.69, 9.17) is 4.42 Å². The molecular weight excluding hydrogens is 198 g/mol. The van der Waals surface area contributed by atoms with Crippen molar-refractivity contribution in [2.75, 3.05) is 0 Å². The van der Waals surface area contributed by atoms with Crippen LogP contribution in [0.25, 0.3) is 11.3 Å². The Labute approximate surface area is 96.3 Å². The minimum Gasteiger partial charge on any atom is -0.444 e. The zero-order valence-electron chi connectivity index (χ0n) is 10.0. The molecule has 2 heteroatoms. The predicted molar refractivity (Wildman–Crippen MR) is 65.3 cm³/mol. The van der Waals surface area contributed by atoms with E-state index in [9.17, 15) is 0 Å². The van der Waals surface area contributed by atoms with Crippen LogP contribution in [0, 0.1) is 0 Å². The van der Waals surface area contributed by atoms with E-state index < -0.39 is 0 Å². The van der Waals surface area contributed by atoms with Crippen molar-refractivity contribution >= 4 is 0 Å². The molecule has 2 aromatic rings. The minimum atomic E-state index is 0.236. The summed E-state index contributed by atoms with van der Waals surface area (Å²) in [6.07, 6.45) is 4.33. The Morgan fingerprint density at radius 1 is 1.19 bits per heavy atom. The van der Waals surface area contributed by atoms with E-state index in [-0.39, 0.29) is 5.41 Å². The quantitative estimate of drug-likeness (QED) is 0.772. The van der Waals surface area contributed by atoms with Crippen LogP contribution in [0.15, 0.2) is 41.3 Å². The summed E-state index contributed by atoms with van der Waals surface area (Å²) in [7, 11) is 0. The van der Waals surface area contributed by atoms with Gasteiger partial charge in [0.05, 0.1) is 6.20 Å². The lowest BCUT2D eigenvalue weighted by Crippen LogP contribution is -2.14. The Morgan fingerprint density at radius 2 is 1.88 bits per heavy atom. The minimum absolute atomic E-state index is 0.236. The molecule has 1 aromatic carbocycles. The van der Waals surface area contributed by atoms with Crippen molar-refractivity contribution in [1.82, 2.24) is 4.98 Å². The first-order valence-corrected chi connectivity index (χ1v) is 5.63. The standard InChI is InChI=1S/C14H17NO/c1-4-14(2,3)12-7-5-11(6-8-12)13-9-15-10-16-13/h5-10H,4H2,1-3H3. The molecule has 0 fully saturated rings. The van der Waals surface area contributed by atoms with E-state index >= 15 is 0 Å². The highest BCUT2D eigenvalue weighted by molar-refractivity contribution is 5.56. The van der Waals surface area contributed by atoms with E-state index in [1.54, 1.807) is 6.20 Å². The van der Waals surface area contributed by atoms with Gasteiger partial charge in [0.2, 0.25) is 0 Å². The molecule has 2 nitrogen and oxygen atoms in total. The van der Waals surface area contributed by atoms with Crippen LogP contribution in [-0.2, 0) is 5.41 Å². The van der Waals surface area contributed by atoms with Gasteiger partial charge >= 0.3 is 0 Å². The number of hydrogen-bond acceptors (Lipinski definition) is 2. The molecule has 0 N–H and O–H groups in total. The molecule has 0 unspecified atom stereocenters. The summed E-state index contributed by atoms with van der Waals surface area (Å²) in [5, 5.41) is 0. The maximum atomic E-state index is 5.26. The Morgan fingerprint density at radius 3 is 2.38 bits per heavy atom. The third-order valence-corrected chi connectivity index (χ3v) is 3.27. The molecule has 0 saturated heterocycles. The van der Waals surface area contributed by atoms with Crippen LogP contribution in [0.5, 0.6) is 0 Å². The number of aromatic nitrogens is 1. The fourth-order valence-corrected chi connectivity index (χ4v) is 1.65. The van der Waals surface area contributed by atoms with Crippen LogP contribution in [-0.4, -0.2) is 4.98 Å². The molecule has 0 saturated carbocycles. The Hall–Kier alpha value is -1.57. The van der Waals surface area contributed by atoms with Gasteiger partial charge in [0.25, 0.3) is 0 Å². The number of nitrogens with zero attached hydrogens (tertiary/aromatic N) is 1. The van der Waals surface area contributed by atoms with E-state index in [2.05, 4.69) is 50.0 Å². The highest BCUT2D eigenvalue weighted by atomic mass is 16.3. The van der Waals surface area contributed by atoms with Gasteiger partial charge in [-0.05, 0) is 17.4 Å². The molecule has 0 bridgehead atoms.